The number of rotatable bonds is 8. The Labute approximate surface area is 223 Å². The summed E-state index contributed by atoms with van der Waals surface area (Å²) in [6, 6.07) is 0. The van der Waals surface area contributed by atoms with E-state index in [0.717, 1.165) is 0 Å². The Morgan fingerprint density at radius 1 is 0.538 bits per heavy atom. The topological polar surface area (TPSA) is 18.5 Å². The summed E-state index contributed by atoms with van der Waals surface area (Å²) >= 11 is -5.87. The van der Waals surface area contributed by atoms with Crippen LogP contribution in [0.1, 0.15) is 40.5 Å². The molecule has 0 spiro atoms. The Hall–Kier alpha value is -2.85. The monoisotopic (exact) mass is 592 g/mol. The second-order valence-corrected chi connectivity index (χ2v) is 15.6. The van der Waals surface area contributed by atoms with Gasteiger partial charge in [0.1, 0.15) is 0 Å². The number of benzene rings is 2. The van der Waals surface area contributed by atoms with Crippen molar-refractivity contribution in [1.82, 2.24) is 0 Å². The van der Waals surface area contributed by atoms with E-state index < -0.39 is 94.6 Å². The van der Waals surface area contributed by atoms with Crippen molar-refractivity contribution in [2.75, 3.05) is 0 Å². The Morgan fingerprint density at radius 3 is 1.08 bits per heavy atom. The zero-order valence-corrected chi connectivity index (χ0v) is 22.9. The minimum absolute atomic E-state index is 0.00760. The van der Waals surface area contributed by atoms with Crippen molar-refractivity contribution in [3.63, 3.8) is 0 Å². The van der Waals surface area contributed by atoms with Crippen LogP contribution in [0, 0.1) is 46.5 Å². The molecule has 0 amide bonds. The van der Waals surface area contributed by atoms with Crippen LogP contribution in [0.2, 0.25) is 0 Å². The molecule has 0 fully saturated rings. The fourth-order valence-electron chi connectivity index (χ4n) is 4.98. The fraction of sp³-hybridized carbons (Fsp3) is 0.286. The number of ether oxygens (including phenoxy) is 2. The van der Waals surface area contributed by atoms with Gasteiger partial charge in [-0.15, -0.1) is 0 Å². The molecular formula is C28H24F8O2Ti. The molecule has 2 aromatic carbocycles. The van der Waals surface area contributed by atoms with Crippen molar-refractivity contribution in [2.24, 2.45) is 0 Å². The molecule has 4 rings (SSSR count). The third-order valence-corrected chi connectivity index (χ3v) is 14.3. The maximum absolute atomic E-state index is 16.0. The van der Waals surface area contributed by atoms with Gasteiger partial charge in [0.2, 0.25) is 0 Å². The molecule has 39 heavy (non-hydrogen) atoms. The van der Waals surface area contributed by atoms with Crippen LogP contribution in [0.15, 0.2) is 44.2 Å². The molecule has 2 aliphatic carbocycles. The first-order valence-electron chi connectivity index (χ1n) is 12.1. The summed E-state index contributed by atoms with van der Waals surface area (Å²) in [6.45, 7) is 5.47. The second kappa shape index (κ2) is 11.0. The van der Waals surface area contributed by atoms with Gasteiger partial charge in [0.25, 0.3) is 0 Å². The molecule has 0 saturated carbocycles. The van der Waals surface area contributed by atoms with E-state index in [1.54, 1.807) is 0 Å². The molecule has 0 heterocycles. The van der Waals surface area contributed by atoms with Gasteiger partial charge in [0.15, 0.2) is 0 Å². The summed E-state index contributed by atoms with van der Waals surface area (Å²) < 4.78 is 133. The SMILES string of the molecule is CC(C)Oc1c(F)c(F)[c]([Ti]([C]2=CC=CC2)([C]2=CC=CC2)[c]2c(F)c(F)c(OC(C)C)c(F)c2F)c(F)c1F. The second-order valence-electron chi connectivity index (χ2n) is 9.65. The third kappa shape index (κ3) is 4.65. The van der Waals surface area contributed by atoms with Crippen LogP contribution in [0.4, 0.5) is 35.1 Å². The van der Waals surface area contributed by atoms with Gasteiger partial charge in [0.05, 0.1) is 0 Å². The molecule has 0 N–H and O–H groups in total. The van der Waals surface area contributed by atoms with E-state index in [-0.39, 0.29) is 20.6 Å². The van der Waals surface area contributed by atoms with Gasteiger partial charge in [-0.25, -0.2) is 0 Å². The van der Waals surface area contributed by atoms with Crippen molar-refractivity contribution < 1.29 is 61.2 Å². The van der Waals surface area contributed by atoms with Crippen LogP contribution in [0.3, 0.4) is 0 Å². The summed E-state index contributed by atoms with van der Waals surface area (Å²) in [5.41, 5.74) is 0. The fourth-order valence-corrected chi connectivity index (χ4v) is 13.2. The van der Waals surface area contributed by atoms with E-state index >= 15 is 35.1 Å². The average molecular weight is 592 g/mol. The van der Waals surface area contributed by atoms with Crippen molar-refractivity contribution in [3.05, 3.63) is 90.7 Å². The molecule has 0 aliphatic heterocycles. The Morgan fingerprint density at radius 2 is 0.846 bits per heavy atom. The molecule has 0 radical (unpaired) electrons. The van der Waals surface area contributed by atoms with Gasteiger partial charge in [0, 0.05) is 0 Å². The normalized spacial score (nSPS) is 15.0. The van der Waals surface area contributed by atoms with Crippen LogP contribution >= 0.6 is 0 Å². The standard InChI is InChI=1S/2C9H7F4O.2C5H5.Ti/c2*1-4(2)14-9-7(12)5(10)3-6(11)8(9)13;2*1-2-4-5-3-1;/h2*4H,1-2H3;2*1-3H,4H2;. The summed E-state index contributed by atoms with van der Waals surface area (Å²) in [5, 5.41) is 0. The third-order valence-electron chi connectivity index (χ3n) is 6.41. The maximum atomic E-state index is 16.0. The first-order valence-corrected chi connectivity index (χ1v) is 15.3. The number of hydrogen-bond acceptors (Lipinski definition) is 2. The summed E-state index contributed by atoms with van der Waals surface area (Å²) in [7, 11) is 0. The van der Waals surface area contributed by atoms with Crippen molar-refractivity contribution in [2.45, 2.75) is 52.7 Å². The van der Waals surface area contributed by atoms with E-state index in [0.29, 0.717) is 0 Å². The summed E-state index contributed by atoms with van der Waals surface area (Å²) in [5.74, 6) is -18.2. The Balaban J connectivity index is 2.23. The van der Waals surface area contributed by atoms with Gasteiger partial charge in [-0.05, 0) is 0 Å². The van der Waals surface area contributed by atoms with Gasteiger partial charge in [-0.3, -0.25) is 0 Å². The molecule has 0 aromatic heterocycles. The Bertz CT molecular complexity index is 1290. The Kier molecular flexibility index (Phi) is 8.19. The molecule has 0 bridgehead atoms. The van der Waals surface area contributed by atoms with Gasteiger partial charge in [-0.1, -0.05) is 0 Å². The van der Waals surface area contributed by atoms with Gasteiger partial charge in [-0.2, -0.15) is 0 Å². The van der Waals surface area contributed by atoms with Crippen LogP contribution in [-0.2, 0) is 16.6 Å². The van der Waals surface area contributed by atoms with E-state index in [2.05, 4.69) is 0 Å². The first-order chi connectivity index (χ1) is 18.3. The summed E-state index contributed by atoms with van der Waals surface area (Å²) in [6.07, 6.45) is 6.42. The van der Waals surface area contributed by atoms with E-state index in [4.69, 9.17) is 9.47 Å². The van der Waals surface area contributed by atoms with Gasteiger partial charge >= 0.3 is 224 Å². The summed E-state index contributed by atoms with van der Waals surface area (Å²) in [4.78, 5) is 0. The average Bonchev–Trinajstić information content (AvgIpc) is 3.61. The molecule has 208 valence electrons. The predicted molar refractivity (Wildman–Crippen MR) is 127 cm³/mol. The van der Waals surface area contributed by atoms with E-state index in [1.807, 2.05) is 0 Å². The zero-order chi connectivity index (χ0) is 28.8. The van der Waals surface area contributed by atoms with Crippen molar-refractivity contribution in [1.29, 1.82) is 0 Å². The van der Waals surface area contributed by atoms with Crippen LogP contribution < -0.4 is 17.2 Å². The first kappa shape index (κ1) is 29.1. The molecular weight excluding hydrogens is 568 g/mol. The molecule has 2 nitrogen and oxygen atoms in total. The molecule has 2 aromatic rings. The molecule has 0 atom stereocenters. The van der Waals surface area contributed by atoms with Crippen LogP contribution in [0.5, 0.6) is 11.5 Å². The van der Waals surface area contributed by atoms with Crippen molar-refractivity contribution in [3.8, 4) is 11.5 Å². The van der Waals surface area contributed by atoms with E-state index in [1.165, 1.54) is 64.2 Å². The number of hydrogen-bond donors (Lipinski definition) is 0. The molecule has 0 saturated heterocycles. The number of halogens is 8. The van der Waals surface area contributed by atoms with Gasteiger partial charge < -0.3 is 0 Å². The minimum atomic E-state index is -5.87. The molecule has 11 heteroatoms. The van der Waals surface area contributed by atoms with Crippen molar-refractivity contribution >= 4 is 7.74 Å². The van der Waals surface area contributed by atoms with E-state index in [9.17, 15) is 0 Å². The zero-order valence-electron chi connectivity index (χ0n) is 21.4. The van der Waals surface area contributed by atoms with Crippen LogP contribution in [0.25, 0.3) is 0 Å². The van der Waals surface area contributed by atoms with Crippen LogP contribution in [-0.4, -0.2) is 12.2 Å². The molecule has 2 aliphatic rings. The quantitative estimate of drug-likeness (QED) is 0.184. The predicted octanol–water partition coefficient (Wildman–Crippen LogP) is 7.17. The molecule has 0 unspecified atom stereocenters. The number of allylic oxidation sites excluding steroid dienone is 8.